The van der Waals surface area contributed by atoms with Gasteiger partial charge in [-0.3, -0.25) is 0 Å². The average molecular weight is 321 g/mol. The van der Waals surface area contributed by atoms with Gasteiger partial charge in [0.1, 0.15) is 0 Å². The lowest BCUT2D eigenvalue weighted by Crippen LogP contribution is -2.31. The first-order valence-electron chi connectivity index (χ1n) is 8.05. The second-order valence-corrected chi connectivity index (χ2v) is 13.7. The molecule has 0 spiro atoms. The van der Waals surface area contributed by atoms with Crippen molar-refractivity contribution in [2.24, 2.45) is 0 Å². The van der Waals surface area contributed by atoms with Gasteiger partial charge in [0.05, 0.1) is 13.7 Å². The molecular formula is C18H28OSSi. The van der Waals surface area contributed by atoms with E-state index in [4.69, 9.17) is 0 Å². The second-order valence-electron chi connectivity index (χ2n) is 7.22. The number of rotatable bonds is 5. The maximum absolute atomic E-state index is 10.7. The Balaban J connectivity index is 2.10. The fourth-order valence-electron chi connectivity index (χ4n) is 2.81. The molecule has 1 N–H and O–H groups in total. The van der Waals surface area contributed by atoms with Gasteiger partial charge in [0.2, 0.25) is 0 Å². The lowest BCUT2D eigenvalue weighted by molar-refractivity contribution is 0.00695. The molecule has 0 radical (unpaired) electrons. The summed E-state index contributed by atoms with van der Waals surface area (Å²) in [6.45, 7) is 7.17. The molecule has 1 nitrogen and oxygen atoms in total. The molecule has 1 fully saturated rings. The van der Waals surface area contributed by atoms with Gasteiger partial charge in [0, 0.05) is 4.90 Å². The largest absolute Gasteiger partial charge is 0.390 e. The SMILES string of the molecule is C[Si](C)(C)/C(=C/CC1(O)CCCCC1)Sc1ccccc1. The predicted molar refractivity (Wildman–Crippen MR) is 96.4 cm³/mol. The monoisotopic (exact) mass is 320 g/mol. The van der Waals surface area contributed by atoms with Crippen LogP contribution < -0.4 is 0 Å². The number of thioether (sulfide) groups is 1. The van der Waals surface area contributed by atoms with E-state index in [1.807, 2.05) is 11.8 Å². The summed E-state index contributed by atoms with van der Waals surface area (Å²) < 4.78 is 1.49. The maximum Gasteiger partial charge on any atom is 0.0857 e. The minimum atomic E-state index is -1.37. The molecule has 1 aliphatic carbocycles. The van der Waals surface area contributed by atoms with Crippen molar-refractivity contribution >= 4 is 19.8 Å². The maximum atomic E-state index is 10.7. The number of benzene rings is 1. The van der Waals surface area contributed by atoms with E-state index >= 15 is 0 Å². The first-order valence-corrected chi connectivity index (χ1v) is 12.4. The number of hydrogen-bond acceptors (Lipinski definition) is 2. The second kappa shape index (κ2) is 7.17. The quantitative estimate of drug-likeness (QED) is 0.561. The molecule has 0 aliphatic heterocycles. The van der Waals surface area contributed by atoms with Crippen LogP contribution in [0.15, 0.2) is 45.8 Å². The highest BCUT2D eigenvalue weighted by atomic mass is 32.2. The van der Waals surface area contributed by atoms with Gasteiger partial charge in [-0.25, -0.2) is 0 Å². The smallest absolute Gasteiger partial charge is 0.0857 e. The summed E-state index contributed by atoms with van der Waals surface area (Å²) in [5.41, 5.74) is -0.444. The van der Waals surface area contributed by atoms with Gasteiger partial charge in [-0.2, -0.15) is 0 Å². The Morgan fingerprint density at radius 2 is 1.76 bits per heavy atom. The molecule has 0 atom stereocenters. The highest BCUT2D eigenvalue weighted by molar-refractivity contribution is 8.05. The Bertz CT molecular complexity index is 470. The molecule has 3 heteroatoms. The lowest BCUT2D eigenvalue weighted by Gasteiger charge is -2.32. The first kappa shape index (κ1) is 16.9. The van der Waals surface area contributed by atoms with Crippen LogP contribution in [0, 0.1) is 0 Å². The summed E-state index contributed by atoms with van der Waals surface area (Å²) in [5.74, 6) is 0. The van der Waals surface area contributed by atoms with Crippen LogP contribution in [0.3, 0.4) is 0 Å². The minimum absolute atomic E-state index is 0.444. The van der Waals surface area contributed by atoms with E-state index in [1.54, 1.807) is 0 Å². The van der Waals surface area contributed by atoms with Gasteiger partial charge in [0.25, 0.3) is 0 Å². The molecule has 0 saturated heterocycles. The molecule has 21 heavy (non-hydrogen) atoms. The highest BCUT2D eigenvalue weighted by Crippen LogP contribution is 2.37. The topological polar surface area (TPSA) is 20.2 Å². The summed E-state index contributed by atoms with van der Waals surface area (Å²) in [7, 11) is -1.37. The van der Waals surface area contributed by atoms with Gasteiger partial charge in [-0.1, -0.05) is 74.9 Å². The van der Waals surface area contributed by atoms with Crippen LogP contribution in [0.2, 0.25) is 19.6 Å². The molecule has 0 amide bonds. The molecular weight excluding hydrogens is 292 g/mol. The third-order valence-electron chi connectivity index (χ3n) is 4.16. The van der Waals surface area contributed by atoms with Crippen LogP contribution >= 0.6 is 11.8 Å². The van der Waals surface area contributed by atoms with Crippen LogP contribution in [0.1, 0.15) is 38.5 Å². The normalized spacial score (nSPS) is 19.5. The minimum Gasteiger partial charge on any atom is -0.390 e. The van der Waals surface area contributed by atoms with E-state index in [2.05, 4.69) is 56.0 Å². The molecule has 0 bridgehead atoms. The number of hydrogen-bond donors (Lipinski definition) is 1. The summed E-state index contributed by atoms with van der Waals surface area (Å²) >= 11 is 1.89. The molecule has 116 valence electrons. The van der Waals surface area contributed by atoms with Crippen molar-refractivity contribution in [1.82, 2.24) is 0 Å². The standard InChI is InChI=1S/C18H28OSSi/c1-21(2,3)17(20-16-10-6-4-7-11-16)12-15-18(19)13-8-5-9-14-18/h4,6-7,10-12,19H,5,8-9,13-15H2,1-3H3/b17-12+. The van der Waals surface area contributed by atoms with Crippen LogP contribution in [0.4, 0.5) is 0 Å². The molecule has 2 rings (SSSR count). The Morgan fingerprint density at radius 1 is 1.14 bits per heavy atom. The Labute approximate surface area is 134 Å². The van der Waals surface area contributed by atoms with Gasteiger partial charge in [-0.05, 0) is 35.9 Å². The molecule has 0 aromatic heterocycles. The van der Waals surface area contributed by atoms with Crippen molar-refractivity contribution in [3.8, 4) is 0 Å². The predicted octanol–water partition coefficient (Wildman–Crippen LogP) is 5.63. The van der Waals surface area contributed by atoms with Crippen LogP contribution in [-0.4, -0.2) is 18.8 Å². The molecule has 0 unspecified atom stereocenters. The van der Waals surface area contributed by atoms with Crippen molar-refractivity contribution in [2.45, 2.75) is 68.7 Å². The van der Waals surface area contributed by atoms with Crippen molar-refractivity contribution in [1.29, 1.82) is 0 Å². The zero-order valence-corrected chi connectivity index (χ0v) is 15.4. The van der Waals surface area contributed by atoms with E-state index in [9.17, 15) is 5.11 Å². The van der Waals surface area contributed by atoms with Crippen molar-refractivity contribution in [3.05, 3.63) is 40.9 Å². The zero-order valence-electron chi connectivity index (χ0n) is 13.6. The number of aliphatic hydroxyl groups is 1. The average Bonchev–Trinajstić information content (AvgIpc) is 2.44. The van der Waals surface area contributed by atoms with Gasteiger partial charge < -0.3 is 5.11 Å². The van der Waals surface area contributed by atoms with E-state index in [0.29, 0.717) is 0 Å². The van der Waals surface area contributed by atoms with Crippen molar-refractivity contribution in [3.63, 3.8) is 0 Å². The van der Waals surface area contributed by atoms with E-state index in [0.717, 1.165) is 19.3 Å². The summed E-state index contributed by atoms with van der Waals surface area (Å²) in [5, 5.41) is 10.7. The summed E-state index contributed by atoms with van der Waals surface area (Å²) in [6.07, 6.45) is 8.75. The Morgan fingerprint density at radius 3 is 2.33 bits per heavy atom. The molecule has 0 heterocycles. The van der Waals surface area contributed by atoms with Crippen LogP contribution in [-0.2, 0) is 0 Å². The molecule has 1 aromatic rings. The van der Waals surface area contributed by atoms with Crippen LogP contribution in [0.25, 0.3) is 0 Å². The van der Waals surface area contributed by atoms with E-state index in [1.165, 1.54) is 28.7 Å². The van der Waals surface area contributed by atoms with Crippen molar-refractivity contribution < 1.29 is 5.11 Å². The van der Waals surface area contributed by atoms with Gasteiger partial charge in [-0.15, -0.1) is 0 Å². The lowest BCUT2D eigenvalue weighted by atomic mass is 9.83. The fraction of sp³-hybridized carbons (Fsp3) is 0.556. The Kier molecular flexibility index (Phi) is 5.75. The van der Waals surface area contributed by atoms with Crippen LogP contribution in [0.5, 0.6) is 0 Å². The van der Waals surface area contributed by atoms with Crippen molar-refractivity contribution in [2.75, 3.05) is 0 Å². The molecule has 1 saturated carbocycles. The third-order valence-corrected chi connectivity index (χ3v) is 8.88. The Hall–Kier alpha value is -0.513. The van der Waals surface area contributed by atoms with E-state index < -0.39 is 13.7 Å². The fourth-order valence-corrected chi connectivity index (χ4v) is 5.82. The highest BCUT2D eigenvalue weighted by Gasteiger charge is 2.29. The summed E-state index contributed by atoms with van der Waals surface area (Å²) in [4.78, 5) is 1.31. The van der Waals surface area contributed by atoms with Gasteiger partial charge >= 0.3 is 0 Å². The van der Waals surface area contributed by atoms with Gasteiger partial charge in [0.15, 0.2) is 0 Å². The van der Waals surface area contributed by atoms with E-state index in [-0.39, 0.29) is 0 Å². The summed E-state index contributed by atoms with van der Waals surface area (Å²) in [6, 6.07) is 10.6. The first-order chi connectivity index (χ1) is 9.89. The third kappa shape index (κ3) is 5.31. The molecule has 1 aromatic carbocycles. The zero-order chi connectivity index (χ0) is 15.3. The molecule has 1 aliphatic rings.